The maximum atomic E-state index is 5.59. The topological polar surface area (TPSA) is 81.5 Å². The van der Waals surface area contributed by atoms with Gasteiger partial charge in [0.15, 0.2) is 11.5 Å². The molecule has 0 saturated carbocycles. The number of aromatic nitrogens is 4. The van der Waals surface area contributed by atoms with Crippen LogP contribution in [0.2, 0.25) is 0 Å². The van der Waals surface area contributed by atoms with Crippen molar-refractivity contribution in [1.82, 2.24) is 19.8 Å². The van der Waals surface area contributed by atoms with Gasteiger partial charge < -0.3 is 5.73 Å². The first-order chi connectivity index (χ1) is 8.28. The quantitative estimate of drug-likeness (QED) is 0.808. The predicted octanol–water partition coefficient (Wildman–Crippen LogP) is 0.441. The summed E-state index contributed by atoms with van der Waals surface area (Å²) in [6.07, 6.45) is 2.04. The van der Waals surface area contributed by atoms with Crippen molar-refractivity contribution >= 4 is 16.9 Å². The fourth-order valence-corrected chi connectivity index (χ4v) is 1.84. The lowest BCUT2D eigenvalue weighted by Gasteiger charge is -2.01. The molecule has 17 heavy (non-hydrogen) atoms. The van der Waals surface area contributed by atoms with Crippen molar-refractivity contribution in [3.8, 4) is 0 Å². The predicted molar refractivity (Wildman–Crippen MR) is 64.6 cm³/mol. The molecule has 3 rings (SSSR count). The minimum atomic E-state index is 0.326. The molecule has 2 N–H and O–H groups in total. The third-order valence-corrected chi connectivity index (χ3v) is 2.72. The third kappa shape index (κ3) is 1.62. The summed E-state index contributed by atoms with van der Waals surface area (Å²) in [5.74, 6) is 0.665. The van der Waals surface area contributed by atoms with Crippen LogP contribution in [0.15, 0.2) is 23.2 Å². The van der Waals surface area contributed by atoms with E-state index in [1.807, 2.05) is 25.1 Å². The Morgan fingerprint density at radius 2 is 2.24 bits per heavy atom. The number of fused-ring (bicyclic) bond motifs is 1. The van der Waals surface area contributed by atoms with E-state index in [0.29, 0.717) is 24.6 Å². The zero-order chi connectivity index (χ0) is 11.8. The summed E-state index contributed by atoms with van der Waals surface area (Å²) in [5, 5.41) is 12.5. The largest absolute Gasteiger partial charge is 0.324 e. The molecular weight excluding hydrogens is 216 g/mol. The number of allylic oxidation sites excluding steroid dienone is 1. The van der Waals surface area contributed by atoms with E-state index < -0.39 is 0 Å². The second-order valence-electron chi connectivity index (χ2n) is 3.94. The van der Waals surface area contributed by atoms with E-state index >= 15 is 0 Å². The maximum Gasteiger partial charge on any atom is 0.177 e. The summed E-state index contributed by atoms with van der Waals surface area (Å²) in [6.45, 7) is 2.99. The molecule has 1 aliphatic rings. The molecule has 6 heteroatoms. The molecule has 6 nitrogen and oxygen atoms in total. The zero-order valence-corrected chi connectivity index (χ0v) is 9.46. The van der Waals surface area contributed by atoms with Crippen molar-refractivity contribution < 1.29 is 0 Å². The van der Waals surface area contributed by atoms with E-state index in [4.69, 9.17) is 5.73 Å². The first-order valence-electron chi connectivity index (χ1n) is 5.41. The van der Waals surface area contributed by atoms with Crippen LogP contribution >= 0.6 is 0 Å². The van der Waals surface area contributed by atoms with Gasteiger partial charge in [0.05, 0.1) is 18.8 Å². The number of nitrogens with two attached hydrogens (primary N) is 1. The van der Waals surface area contributed by atoms with Gasteiger partial charge in [-0.1, -0.05) is 0 Å². The molecule has 0 unspecified atom stereocenters. The number of aliphatic imine (C=N–C) groups is 1. The fraction of sp³-hybridized carbons (Fsp3) is 0.273. The molecule has 0 atom stereocenters. The Labute approximate surface area is 97.9 Å². The SMILES string of the molecule is CC1=NCC(c2ccc3nnc(CN)n3n2)=C1. The molecule has 0 aromatic carbocycles. The lowest BCUT2D eigenvalue weighted by Crippen LogP contribution is -2.06. The maximum absolute atomic E-state index is 5.59. The minimum absolute atomic E-state index is 0.326. The second kappa shape index (κ2) is 3.74. The van der Waals surface area contributed by atoms with E-state index in [2.05, 4.69) is 20.3 Å². The fourth-order valence-electron chi connectivity index (χ4n) is 1.84. The number of nitrogens with zero attached hydrogens (tertiary/aromatic N) is 5. The Hall–Kier alpha value is -2.08. The molecule has 1 aliphatic heterocycles. The van der Waals surface area contributed by atoms with Gasteiger partial charge in [-0.05, 0) is 25.1 Å². The van der Waals surface area contributed by atoms with Crippen LogP contribution < -0.4 is 5.73 Å². The van der Waals surface area contributed by atoms with Crippen LogP contribution in [-0.4, -0.2) is 32.1 Å². The zero-order valence-electron chi connectivity index (χ0n) is 9.46. The van der Waals surface area contributed by atoms with Crippen molar-refractivity contribution in [3.05, 3.63) is 29.7 Å². The molecular formula is C11H12N6. The first kappa shape index (κ1) is 10.1. The molecule has 0 fully saturated rings. The van der Waals surface area contributed by atoms with Gasteiger partial charge in [-0.3, -0.25) is 4.99 Å². The highest BCUT2D eigenvalue weighted by Gasteiger charge is 2.11. The standard InChI is InChI=1S/C11H12N6/c1-7-4-8(6-13-7)9-2-3-10-14-15-11(5-12)17(10)16-9/h2-4H,5-6,12H2,1H3. The highest BCUT2D eigenvalue weighted by atomic mass is 15.4. The lowest BCUT2D eigenvalue weighted by atomic mass is 10.2. The molecule has 2 aromatic rings. The molecule has 0 saturated heterocycles. The van der Waals surface area contributed by atoms with E-state index in [0.717, 1.165) is 17.0 Å². The molecule has 2 aromatic heterocycles. The van der Waals surface area contributed by atoms with Crippen LogP contribution in [0.1, 0.15) is 18.4 Å². The van der Waals surface area contributed by atoms with Crippen LogP contribution in [0.4, 0.5) is 0 Å². The normalized spacial score (nSPS) is 15.2. The van der Waals surface area contributed by atoms with Crippen molar-refractivity contribution in [1.29, 1.82) is 0 Å². The van der Waals surface area contributed by atoms with Gasteiger partial charge in [-0.15, -0.1) is 10.2 Å². The van der Waals surface area contributed by atoms with Crippen molar-refractivity contribution in [2.45, 2.75) is 13.5 Å². The van der Waals surface area contributed by atoms with E-state index in [1.165, 1.54) is 0 Å². The van der Waals surface area contributed by atoms with Gasteiger partial charge >= 0.3 is 0 Å². The van der Waals surface area contributed by atoms with Gasteiger partial charge in [0.2, 0.25) is 0 Å². The van der Waals surface area contributed by atoms with Gasteiger partial charge in [-0.2, -0.15) is 9.61 Å². The monoisotopic (exact) mass is 228 g/mol. The van der Waals surface area contributed by atoms with E-state index in [1.54, 1.807) is 4.52 Å². The smallest absolute Gasteiger partial charge is 0.177 e. The molecule has 0 amide bonds. The highest BCUT2D eigenvalue weighted by molar-refractivity contribution is 6.02. The summed E-state index contributed by atoms with van der Waals surface area (Å²) in [5.41, 5.74) is 9.34. The first-order valence-corrected chi connectivity index (χ1v) is 5.41. The van der Waals surface area contributed by atoms with E-state index in [-0.39, 0.29) is 0 Å². The Balaban J connectivity index is 2.10. The van der Waals surface area contributed by atoms with Crippen molar-refractivity contribution in [2.75, 3.05) is 6.54 Å². The average Bonchev–Trinajstić information content (AvgIpc) is 2.94. The van der Waals surface area contributed by atoms with Crippen LogP contribution in [0, 0.1) is 0 Å². The number of hydrogen-bond acceptors (Lipinski definition) is 5. The Bertz CT molecular complexity index is 636. The Morgan fingerprint density at radius 3 is 2.94 bits per heavy atom. The molecule has 3 heterocycles. The summed E-state index contributed by atoms with van der Waals surface area (Å²) in [4.78, 5) is 4.32. The Kier molecular flexibility index (Phi) is 2.22. The molecule has 0 spiro atoms. The molecule has 0 aliphatic carbocycles. The van der Waals surface area contributed by atoms with Gasteiger partial charge in [0.25, 0.3) is 0 Å². The summed E-state index contributed by atoms with van der Waals surface area (Å²) >= 11 is 0. The molecule has 0 bridgehead atoms. The van der Waals surface area contributed by atoms with Crippen molar-refractivity contribution in [2.24, 2.45) is 10.7 Å². The Morgan fingerprint density at radius 1 is 1.35 bits per heavy atom. The summed E-state index contributed by atoms with van der Waals surface area (Å²) in [7, 11) is 0. The van der Waals surface area contributed by atoms with Crippen LogP contribution in [-0.2, 0) is 6.54 Å². The van der Waals surface area contributed by atoms with Gasteiger partial charge in [0.1, 0.15) is 0 Å². The molecule has 86 valence electrons. The summed E-state index contributed by atoms with van der Waals surface area (Å²) < 4.78 is 1.68. The number of rotatable bonds is 2. The van der Waals surface area contributed by atoms with Gasteiger partial charge in [0, 0.05) is 11.3 Å². The van der Waals surface area contributed by atoms with Crippen molar-refractivity contribution in [3.63, 3.8) is 0 Å². The van der Waals surface area contributed by atoms with Crippen LogP contribution in [0.3, 0.4) is 0 Å². The van der Waals surface area contributed by atoms with E-state index in [9.17, 15) is 0 Å². The van der Waals surface area contributed by atoms with Gasteiger partial charge in [-0.25, -0.2) is 0 Å². The lowest BCUT2D eigenvalue weighted by molar-refractivity contribution is 0.802. The van der Waals surface area contributed by atoms with Crippen LogP contribution in [0.5, 0.6) is 0 Å². The summed E-state index contributed by atoms with van der Waals surface area (Å²) in [6, 6.07) is 3.83. The number of hydrogen-bond donors (Lipinski definition) is 1. The molecule has 0 radical (unpaired) electrons. The average molecular weight is 228 g/mol. The van der Waals surface area contributed by atoms with Crippen LogP contribution in [0.25, 0.3) is 11.2 Å². The highest BCUT2D eigenvalue weighted by Crippen LogP contribution is 2.17. The second-order valence-corrected chi connectivity index (χ2v) is 3.94. The third-order valence-electron chi connectivity index (χ3n) is 2.72. The minimum Gasteiger partial charge on any atom is -0.324 e.